The third kappa shape index (κ3) is 2.39. The van der Waals surface area contributed by atoms with Crippen LogP contribution in [0.2, 0.25) is 0 Å². The fraction of sp³-hybridized carbons (Fsp3) is 0.188. The molecule has 3 rings (SSSR count). The molecule has 1 amide bonds. The molecule has 0 aliphatic heterocycles. The Labute approximate surface area is 128 Å². The van der Waals surface area contributed by atoms with E-state index in [2.05, 4.69) is 15.4 Å². The second-order valence-electron chi connectivity index (χ2n) is 5.32. The van der Waals surface area contributed by atoms with Crippen LogP contribution in [0.3, 0.4) is 0 Å². The Hall–Kier alpha value is -2.89. The van der Waals surface area contributed by atoms with Gasteiger partial charge in [-0.2, -0.15) is 5.10 Å². The van der Waals surface area contributed by atoms with Crippen molar-refractivity contribution in [3.63, 3.8) is 0 Å². The molecule has 0 spiro atoms. The zero-order valence-electron chi connectivity index (χ0n) is 12.7. The molecule has 0 saturated carbocycles. The lowest BCUT2D eigenvalue weighted by Crippen LogP contribution is -2.15. The lowest BCUT2D eigenvalue weighted by Gasteiger charge is -2.08. The number of benzene rings is 1. The van der Waals surface area contributed by atoms with Crippen molar-refractivity contribution >= 4 is 28.4 Å². The van der Waals surface area contributed by atoms with Gasteiger partial charge in [0.25, 0.3) is 5.91 Å². The quantitative estimate of drug-likeness (QED) is 0.760. The van der Waals surface area contributed by atoms with E-state index in [4.69, 9.17) is 5.73 Å². The number of rotatable bonds is 2. The monoisotopic (exact) mass is 295 g/mol. The van der Waals surface area contributed by atoms with Crippen LogP contribution in [0.15, 0.2) is 30.3 Å². The summed E-state index contributed by atoms with van der Waals surface area (Å²) >= 11 is 0. The van der Waals surface area contributed by atoms with Crippen LogP contribution in [0.25, 0.3) is 11.0 Å². The van der Waals surface area contributed by atoms with Crippen LogP contribution in [0.4, 0.5) is 11.5 Å². The van der Waals surface area contributed by atoms with E-state index >= 15 is 0 Å². The van der Waals surface area contributed by atoms with Gasteiger partial charge in [-0.15, -0.1) is 0 Å². The number of nitrogens with zero attached hydrogens (tertiary/aromatic N) is 3. The van der Waals surface area contributed by atoms with Gasteiger partial charge in [-0.25, -0.2) is 4.98 Å². The highest BCUT2D eigenvalue weighted by atomic mass is 16.1. The zero-order chi connectivity index (χ0) is 15.9. The minimum absolute atomic E-state index is 0.195. The summed E-state index contributed by atoms with van der Waals surface area (Å²) in [6, 6.07) is 9.33. The third-order valence-corrected chi connectivity index (χ3v) is 3.55. The molecule has 22 heavy (non-hydrogen) atoms. The van der Waals surface area contributed by atoms with E-state index in [0.29, 0.717) is 11.2 Å². The van der Waals surface area contributed by atoms with Crippen molar-refractivity contribution in [2.75, 3.05) is 11.1 Å². The topological polar surface area (TPSA) is 85.8 Å². The highest BCUT2D eigenvalue weighted by Crippen LogP contribution is 2.22. The second kappa shape index (κ2) is 5.14. The Morgan fingerprint density at radius 3 is 2.77 bits per heavy atom. The number of aromatic nitrogens is 3. The maximum absolute atomic E-state index is 12.4. The molecular formula is C16H17N5O. The molecule has 0 bridgehead atoms. The number of nitrogens with one attached hydrogen (secondary N) is 1. The van der Waals surface area contributed by atoms with Gasteiger partial charge < -0.3 is 11.1 Å². The Bertz CT molecular complexity index is 882. The summed E-state index contributed by atoms with van der Waals surface area (Å²) in [7, 11) is 1.80. The maximum Gasteiger partial charge on any atom is 0.259 e. The molecule has 6 nitrogen and oxygen atoms in total. The van der Waals surface area contributed by atoms with E-state index in [1.54, 1.807) is 17.8 Å². The minimum Gasteiger partial charge on any atom is -0.383 e. The molecule has 1 aromatic carbocycles. The average Bonchev–Trinajstić information content (AvgIpc) is 2.72. The van der Waals surface area contributed by atoms with Gasteiger partial charge in [0.2, 0.25) is 0 Å². The standard InChI is InChI=1S/C16H17N5O/c1-9-5-4-6-11(7-9)18-16(22)13-8-12-10(2)20-21(3)15(12)19-14(13)17/h4-8H,1-3H3,(H2,17,19)(H,18,22). The molecular weight excluding hydrogens is 278 g/mol. The van der Waals surface area contributed by atoms with Crippen LogP contribution >= 0.6 is 0 Å². The SMILES string of the molecule is Cc1cccc(NC(=O)c2cc3c(C)nn(C)c3nc2N)c1. The predicted octanol–water partition coefficient (Wildman–Crippen LogP) is 2.42. The van der Waals surface area contributed by atoms with Crippen molar-refractivity contribution in [1.29, 1.82) is 0 Å². The van der Waals surface area contributed by atoms with Gasteiger partial charge in [-0.3, -0.25) is 9.48 Å². The summed E-state index contributed by atoms with van der Waals surface area (Å²) in [5, 5.41) is 7.96. The Morgan fingerprint density at radius 1 is 1.27 bits per heavy atom. The number of hydrogen-bond donors (Lipinski definition) is 2. The van der Waals surface area contributed by atoms with Gasteiger partial charge in [0.15, 0.2) is 5.65 Å². The summed E-state index contributed by atoms with van der Waals surface area (Å²) < 4.78 is 1.66. The van der Waals surface area contributed by atoms with Crippen LogP contribution in [0.1, 0.15) is 21.6 Å². The van der Waals surface area contributed by atoms with Crippen LogP contribution in [-0.2, 0) is 7.05 Å². The first-order chi connectivity index (χ1) is 10.5. The van der Waals surface area contributed by atoms with Crippen LogP contribution in [-0.4, -0.2) is 20.7 Å². The van der Waals surface area contributed by atoms with Crippen LogP contribution in [0.5, 0.6) is 0 Å². The minimum atomic E-state index is -0.277. The van der Waals surface area contributed by atoms with Crippen molar-refractivity contribution in [2.45, 2.75) is 13.8 Å². The van der Waals surface area contributed by atoms with Crippen molar-refractivity contribution in [2.24, 2.45) is 7.05 Å². The molecule has 112 valence electrons. The number of amides is 1. The lowest BCUT2D eigenvalue weighted by atomic mass is 10.1. The number of hydrogen-bond acceptors (Lipinski definition) is 4. The third-order valence-electron chi connectivity index (χ3n) is 3.55. The average molecular weight is 295 g/mol. The van der Waals surface area contributed by atoms with E-state index in [9.17, 15) is 4.79 Å². The van der Waals surface area contributed by atoms with Crippen molar-refractivity contribution in [1.82, 2.24) is 14.8 Å². The molecule has 0 radical (unpaired) electrons. The fourth-order valence-electron chi connectivity index (χ4n) is 2.46. The molecule has 0 unspecified atom stereocenters. The molecule has 3 N–H and O–H groups in total. The number of pyridine rings is 1. The van der Waals surface area contributed by atoms with E-state index in [-0.39, 0.29) is 11.7 Å². The maximum atomic E-state index is 12.4. The molecule has 6 heteroatoms. The predicted molar refractivity (Wildman–Crippen MR) is 86.8 cm³/mol. The lowest BCUT2D eigenvalue weighted by molar-refractivity contribution is 0.102. The number of aryl methyl sites for hydroxylation is 3. The van der Waals surface area contributed by atoms with Crippen LogP contribution in [0, 0.1) is 13.8 Å². The van der Waals surface area contributed by atoms with Crippen molar-refractivity contribution < 1.29 is 4.79 Å². The molecule has 0 saturated heterocycles. The van der Waals surface area contributed by atoms with Crippen molar-refractivity contribution in [3.05, 3.63) is 47.2 Å². The summed E-state index contributed by atoms with van der Waals surface area (Å²) in [6.45, 7) is 3.85. The highest BCUT2D eigenvalue weighted by Gasteiger charge is 2.16. The van der Waals surface area contributed by atoms with Gasteiger partial charge in [0.1, 0.15) is 5.82 Å². The normalized spacial score (nSPS) is 10.9. The first-order valence-corrected chi connectivity index (χ1v) is 6.93. The number of anilines is 2. The molecule has 0 aliphatic rings. The summed E-state index contributed by atoms with van der Waals surface area (Å²) in [6.07, 6.45) is 0. The number of fused-ring (bicyclic) bond motifs is 1. The first-order valence-electron chi connectivity index (χ1n) is 6.93. The molecule has 0 fully saturated rings. The van der Waals surface area contributed by atoms with Gasteiger partial charge in [-0.1, -0.05) is 12.1 Å². The van der Waals surface area contributed by atoms with Gasteiger partial charge in [0, 0.05) is 18.1 Å². The van der Waals surface area contributed by atoms with Gasteiger partial charge >= 0.3 is 0 Å². The van der Waals surface area contributed by atoms with E-state index in [0.717, 1.165) is 22.3 Å². The van der Waals surface area contributed by atoms with Gasteiger partial charge in [-0.05, 0) is 37.6 Å². The fourth-order valence-corrected chi connectivity index (χ4v) is 2.46. The smallest absolute Gasteiger partial charge is 0.259 e. The largest absolute Gasteiger partial charge is 0.383 e. The molecule has 2 heterocycles. The van der Waals surface area contributed by atoms with Crippen LogP contribution < -0.4 is 11.1 Å². The molecule has 0 atom stereocenters. The van der Waals surface area contributed by atoms with Crippen molar-refractivity contribution in [3.8, 4) is 0 Å². The Balaban J connectivity index is 2.00. The zero-order valence-corrected chi connectivity index (χ0v) is 12.7. The molecule has 2 aromatic heterocycles. The number of carbonyl (C=O) groups excluding carboxylic acids is 1. The number of nitrogens with two attached hydrogens (primary N) is 1. The van der Waals surface area contributed by atoms with E-state index in [1.165, 1.54) is 0 Å². The summed E-state index contributed by atoms with van der Waals surface area (Å²) in [4.78, 5) is 16.7. The molecule has 0 aliphatic carbocycles. The summed E-state index contributed by atoms with van der Waals surface area (Å²) in [5.41, 5.74) is 9.57. The van der Waals surface area contributed by atoms with E-state index in [1.807, 2.05) is 38.1 Å². The molecule has 3 aromatic rings. The number of nitrogen functional groups attached to an aromatic ring is 1. The summed E-state index contributed by atoms with van der Waals surface area (Å²) in [5.74, 6) is -0.0820. The van der Waals surface area contributed by atoms with Gasteiger partial charge in [0.05, 0.1) is 11.3 Å². The number of carbonyl (C=O) groups is 1. The Kier molecular flexibility index (Phi) is 3.29. The Morgan fingerprint density at radius 2 is 2.05 bits per heavy atom. The highest BCUT2D eigenvalue weighted by molar-refractivity contribution is 6.09. The second-order valence-corrected chi connectivity index (χ2v) is 5.32. The first kappa shape index (κ1) is 14.1. The van der Waals surface area contributed by atoms with E-state index < -0.39 is 0 Å².